The van der Waals surface area contributed by atoms with Crippen molar-refractivity contribution in [3.05, 3.63) is 76.7 Å². The van der Waals surface area contributed by atoms with E-state index in [4.69, 9.17) is 11.6 Å². The summed E-state index contributed by atoms with van der Waals surface area (Å²) in [6.45, 7) is 0.359. The van der Waals surface area contributed by atoms with Gasteiger partial charge in [0.1, 0.15) is 0 Å². The number of nitrogens with zero attached hydrogens (tertiary/aromatic N) is 5. The molecule has 5 aromatic rings. The maximum absolute atomic E-state index is 14.3. The summed E-state index contributed by atoms with van der Waals surface area (Å²) in [5.74, 6) is -1.83. The van der Waals surface area contributed by atoms with Crippen LogP contribution >= 0.6 is 11.6 Å². The first kappa shape index (κ1) is 22.4. The molecule has 2 aromatic carbocycles. The molecule has 8 nitrogen and oxygen atoms in total. The molecule has 0 unspecified atom stereocenters. The average molecular weight is 508 g/mol. The Morgan fingerprint density at radius 2 is 1.97 bits per heavy atom. The van der Waals surface area contributed by atoms with Gasteiger partial charge in [0.2, 0.25) is 0 Å². The van der Waals surface area contributed by atoms with Gasteiger partial charge in [0.25, 0.3) is 5.91 Å². The van der Waals surface area contributed by atoms with Crippen LogP contribution < -0.4 is 10.6 Å². The average Bonchev–Trinajstić information content (AvgIpc) is 3.38. The van der Waals surface area contributed by atoms with E-state index in [0.717, 1.165) is 30.7 Å². The number of anilines is 1. The second-order valence-electron chi connectivity index (χ2n) is 8.79. The summed E-state index contributed by atoms with van der Waals surface area (Å²) >= 11 is 6.48. The molecule has 0 spiro atoms. The van der Waals surface area contributed by atoms with Gasteiger partial charge in [0, 0.05) is 37.0 Å². The third-order valence-corrected chi connectivity index (χ3v) is 6.40. The van der Waals surface area contributed by atoms with Crippen molar-refractivity contribution in [2.45, 2.75) is 25.4 Å². The summed E-state index contributed by atoms with van der Waals surface area (Å²) in [5.41, 5.74) is 3.40. The Hall–Kier alpha value is -4.05. The van der Waals surface area contributed by atoms with Crippen molar-refractivity contribution >= 4 is 40.0 Å². The van der Waals surface area contributed by atoms with E-state index < -0.39 is 11.6 Å². The fourth-order valence-electron chi connectivity index (χ4n) is 4.13. The first-order valence-corrected chi connectivity index (χ1v) is 11.7. The minimum atomic E-state index is -0.999. The molecule has 2 N–H and O–H groups in total. The molecule has 1 aliphatic rings. The number of aryl methyl sites for hydroxylation is 1. The number of amides is 1. The normalized spacial score (nSPS) is 13.4. The Bertz CT molecular complexity index is 1660. The summed E-state index contributed by atoms with van der Waals surface area (Å²) < 4.78 is 31.8. The van der Waals surface area contributed by atoms with Crippen LogP contribution in [0, 0.1) is 11.6 Å². The summed E-state index contributed by atoms with van der Waals surface area (Å²) in [4.78, 5) is 21.5. The minimum Gasteiger partial charge on any atom is -0.361 e. The van der Waals surface area contributed by atoms with E-state index in [1.807, 2.05) is 19.3 Å². The van der Waals surface area contributed by atoms with Gasteiger partial charge in [-0.3, -0.25) is 13.9 Å². The zero-order valence-electron chi connectivity index (χ0n) is 19.1. The standard InChI is InChI=1S/C25H20ClF2N7O/c1-34-7-6-15(33-34)11-29-23-24-30-12-22(35(24)21-10-19(28)18(27)9-20(21)32-23)13-2-5-16(17(26)8-13)25(36)31-14-3-4-14/h2,5-10,12,14H,3-4,11H2,1H3,(H,29,32)(H,31,36). The molecule has 0 atom stereocenters. The highest BCUT2D eigenvalue weighted by Gasteiger charge is 2.25. The summed E-state index contributed by atoms with van der Waals surface area (Å²) in [6, 6.07) is 9.29. The number of fused-ring (bicyclic) bond motifs is 3. The maximum Gasteiger partial charge on any atom is 0.253 e. The summed E-state index contributed by atoms with van der Waals surface area (Å²) in [5, 5.41) is 10.8. The lowest BCUT2D eigenvalue weighted by atomic mass is 10.1. The van der Waals surface area contributed by atoms with Crippen molar-refractivity contribution < 1.29 is 13.6 Å². The number of carbonyl (C=O) groups excluding carboxylic acids is 1. The number of nitrogens with one attached hydrogen (secondary N) is 2. The van der Waals surface area contributed by atoms with Gasteiger partial charge in [-0.1, -0.05) is 17.7 Å². The zero-order valence-corrected chi connectivity index (χ0v) is 19.9. The van der Waals surface area contributed by atoms with Crippen molar-refractivity contribution in [2.75, 3.05) is 5.32 Å². The van der Waals surface area contributed by atoms with Crippen LogP contribution in [0.15, 0.2) is 48.8 Å². The summed E-state index contributed by atoms with van der Waals surface area (Å²) in [6.07, 6.45) is 5.38. The number of hydrogen-bond acceptors (Lipinski definition) is 5. The van der Waals surface area contributed by atoms with E-state index in [-0.39, 0.29) is 22.5 Å². The third-order valence-electron chi connectivity index (χ3n) is 6.09. The smallest absolute Gasteiger partial charge is 0.253 e. The SMILES string of the molecule is Cn1ccc(CNc2nc3cc(F)c(F)cc3n3c(-c4ccc(C(=O)NC5CC5)c(Cl)c4)cnc23)n1. The van der Waals surface area contributed by atoms with Crippen LogP contribution in [0.4, 0.5) is 14.6 Å². The number of rotatable bonds is 6. The Balaban J connectivity index is 1.46. The van der Waals surface area contributed by atoms with Gasteiger partial charge in [-0.2, -0.15) is 5.10 Å². The highest BCUT2D eigenvalue weighted by molar-refractivity contribution is 6.34. The Labute approximate surface area is 208 Å². The van der Waals surface area contributed by atoms with E-state index in [1.165, 1.54) is 0 Å². The number of hydrogen-bond donors (Lipinski definition) is 2. The van der Waals surface area contributed by atoms with Crippen LogP contribution in [0.3, 0.4) is 0 Å². The minimum absolute atomic E-state index is 0.207. The molecule has 0 aliphatic heterocycles. The summed E-state index contributed by atoms with van der Waals surface area (Å²) in [7, 11) is 1.82. The lowest BCUT2D eigenvalue weighted by Crippen LogP contribution is -2.25. The molecule has 1 aliphatic carbocycles. The van der Waals surface area contributed by atoms with Gasteiger partial charge in [-0.15, -0.1) is 0 Å². The predicted octanol–water partition coefficient (Wildman–Crippen LogP) is 4.72. The van der Waals surface area contributed by atoms with E-state index in [9.17, 15) is 13.6 Å². The van der Waals surface area contributed by atoms with Crippen LogP contribution in [-0.2, 0) is 13.6 Å². The molecule has 3 heterocycles. The molecule has 3 aromatic heterocycles. The van der Waals surface area contributed by atoms with Crippen molar-refractivity contribution in [3.8, 4) is 11.3 Å². The van der Waals surface area contributed by atoms with Gasteiger partial charge in [0.05, 0.1) is 45.7 Å². The van der Waals surface area contributed by atoms with Gasteiger partial charge in [0.15, 0.2) is 23.1 Å². The zero-order chi connectivity index (χ0) is 25.0. The molecule has 11 heteroatoms. The molecule has 182 valence electrons. The van der Waals surface area contributed by atoms with Gasteiger partial charge in [-0.25, -0.2) is 18.7 Å². The van der Waals surface area contributed by atoms with Crippen LogP contribution in [0.1, 0.15) is 28.9 Å². The first-order chi connectivity index (χ1) is 17.4. The quantitative estimate of drug-likeness (QED) is 0.347. The second kappa shape index (κ2) is 8.56. The molecule has 1 fully saturated rings. The van der Waals surface area contributed by atoms with Crippen molar-refractivity contribution in [2.24, 2.45) is 7.05 Å². The van der Waals surface area contributed by atoms with Gasteiger partial charge in [-0.05, 0) is 31.0 Å². The van der Waals surface area contributed by atoms with Gasteiger partial charge < -0.3 is 10.6 Å². The monoisotopic (exact) mass is 507 g/mol. The molecule has 1 amide bonds. The molecule has 36 heavy (non-hydrogen) atoms. The Kier molecular flexibility index (Phi) is 5.33. The maximum atomic E-state index is 14.3. The number of halogens is 3. The number of carbonyl (C=O) groups is 1. The topological polar surface area (TPSA) is 89.1 Å². The Morgan fingerprint density at radius 3 is 2.69 bits per heavy atom. The molecule has 0 radical (unpaired) electrons. The van der Waals surface area contributed by atoms with E-state index >= 15 is 0 Å². The molecule has 0 saturated heterocycles. The third kappa shape index (κ3) is 4.03. The molecular formula is C25H20ClF2N7O. The number of imidazole rings is 1. The Morgan fingerprint density at radius 1 is 1.17 bits per heavy atom. The van der Waals surface area contributed by atoms with Crippen molar-refractivity contribution in [3.63, 3.8) is 0 Å². The van der Waals surface area contributed by atoms with E-state index in [0.29, 0.717) is 40.3 Å². The van der Waals surface area contributed by atoms with Crippen LogP contribution in [-0.4, -0.2) is 36.1 Å². The first-order valence-electron chi connectivity index (χ1n) is 11.4. The van der Waals surface area contributed by atoms with E-state index in [1.54, 1.807) is 33.5 Å². The second-order valence-corrected chi connectivity index (χ2v) is 9.20. The molecule has 0 bridgehead atoms. The van der Waals surface area contributed by atoms with Crippen molar-refractivity contribution in [1.82, 2.24) is 29.5 Å². The fraction of sp³-hybridized carbons (Fsp3) is 0.200. The van der Waals surface area contributed by atoms with Crippen LogP contribution in [0.25, 0.3) is 27.9 Å². The van der Waals surface area contributed by atoms with Crippen LogP contribution in [0.5, 0.6) is 0 Å². The lowest BCUT2D eigenvalue weighted by Gasteiger charge is -2.12. The predicted molar refractivity (Wildman–Crippen MR) is 132 cm³/mol. The largest absolute Gasteiger partial charge is 0.361 e. The van der Waals surface area contributed by atoms with E-state index in [2.05, 4.69) is 25.7 Å². The molecule has 6 rings (SSSR count). The van der Waals surface area contributed by atoms with Crippen molar-refractivity contribution in [1.29, 1.82) is 0 Å². The fourth-order valence-corrected chi connectivity index (χ4v) is 4.40. The number of aromatic nitrogens is 5. The lowest BCUT2D eigenvalue weighted by molar-refractivity contribution is 0.0951. The molecule has 1 saturated carbocycles. The van der Waals surface area contributed by atoms with Gasteiger partial charge >= 0.3 is 0 Å². The number of benzene rings is 2. The molecular weight excluding hydrogens is 488 g/mol. The highest BCUT2D eigenvalue weighted by Crippen LogP contribution is 2.32. The highest BCUT2D eigenvalue weighted by atomic mass is 35.5. The van der Waals surface area contributed by atoms with Crippen LogP contribution in [0.2, 0.25) is 5.02 Å².